The molecule has 1 aromatic carbocycles. The maximum Gasteiger partial charge on any atom is 0.377 e. The molecule has 2 heterocycles. The van der Waals surface area contributed by atoms with Gasteiger partial charge in [-0.15, -0.1) is 0 Å². The number of aliphatic carboxylic acids is 1. The van der Waals surface area contributed by atoms with Gasteiger partial charge in [-0.05, 0) is 13.0 Å². The predicted molar refractivity (Wildman–Crippen MR) is 66.0 cm³/mol. The summed E-state index contributed by atoms with van der Waals surface area (Å²) in [7, 11) is 0. The predicted octanol–water partition coefficient (Wildman–Crippen LogP) is 1.51. The molecule has 0 atom stereocenters. The molecule has 19 heavy (non-hydrogen) atoms. The van der Waals surface area contributed by atoms with E-state index in [4.69, 9.17) is 14.6 Å². The highest BCUT2D eigenvalue weighted by Crippen LogP contribution is 2.36. The molecule has 0 amide bonds. The first-order valence-corrected chi connectivity index (χ1v) is 5.77. The van der Waals surface area contributed by atoms with Crippen LogP contribution in [-0.2, 0) is 4.79 Å². The van der Waals surface area contributed by atoms with Crippen molar-refractivity contribution in [3.63, 3.8) is 0 Å². The first kappa shape index (κ1) is 11.6. The Bertz CT molecular complexity index is 701. The van der Waals surface area contributed by atoms with E-state index in [9.17, 15) is 9.59 Å². The monoisotopic (exact) mass is 261 g/mol. The number of aromatic amines is 1. The van der Waals surface area contributed by atoms with E-state index < -0.39 is 11.8 Å². The number of benzene rings is 1. The van der Waals surface area contributed by atoms with Crippen molar-refractivity contribution in [1.29, 1.82) is 0 Å². The van der Waals surface area contributed by atoms with Gasteiger partial charge in [-0.2, -0.15) is 0 Å². The Morgan fingerprint density at radius 2 is 1.84 bits per heavy atom. The lowest BCUT2D eigenvalue weighted by molar-refractivity contribution is -0.131. The van der Waals surface area contributed by atoms with E-state index in [0.29, 0.717) is 41.3 Å². The summed E-state index contributed by atoms with van der Waals surface area (Å²) in [5.74, 6) is -1.29. The maximum absolute atomic E-state index is 11.7. The number of ether oxygens (including phenoxy) is 2. The third-order valence-corrected chi connectivity index (χ3v) is 3.07. The molecule has 1 aliphatic heterocycles. The largest absolute Gasteiger partial charge is 0.486 e. The zero-order valence-corrected chi connectivity index (χ0v) is 10.1. The summed E-state index contributed by atoms with van der Waals surface area (Å²) in [6.07, 6.45) is 0. The van der Waals surface area contributed by atoms with Gasteiger partial charge in [0, 0.05) is 17.1 Å². The van der Waals surface area contributed by atoms with Gasteiger partial charge in [0.25, 0.3) is 5.78 Å². The van der Waals surface area contributed by atoms with Crippen molar-refractivity contribution in [1.82, 2.24) is 4.98 Å². The number of Topliss-reactive ketones (excluding diaryl/α,β-unsaturated/α-hetero) is 1. The lowest BCUT2D eigenvalue weighted by Gasteiger charge is -2.18. The van der Waals surface area contributed by atoms with E-state index in [2.05, 4.69) is 4.98 Å². The van der Waals surface area contributed by atoms with Gasteiger partial charge in [-0.3, -0.25) is 4.79 Å². The number of carboxylic acids is 1. The number of aromatic nitrogens is 1. The zero-order valence-electron chi connectivity index (χ0n) is 10.1. The second-order valence-corrected chi connectivity index (χ2v) is 4.30. The summed E-state index contributed by atoms with van der Waals surface area (Å²) < 4.78 is 10.9. The van der Waals surface area contributed by atoms with Crippen molar-refractivity contribution in [2.24, 2.45) is 0 Å². The smallest absolute Gasteiger partial charge is 0.377 e. The number of carbonyl (C=O) groups excluding carboxylic acids is 1. The highest BCUT2D eigenvalue weighted by molar-refractivity contribution is 6.42. The number of H-pyrrole nitrogens is 1. The number of carbonyl (C=O) groups is 2. The van der Waals surface area contributed by atoms with E-state index in [1.807, 2.05) is 0 Å². The van der Waals surface area contributed by atoms with Crippen LogP contribution in [0.2, 0.25) is 0 Å². The van der Waals surface area contributed by atoms with Gasteiger partial charge in [0.05, 0.1) is 11.1 Å². The van der Waals surface area contributed by atoms with Gasteiger partial charge in [-0.1, -0.05) is 0 Å². The molecule has 1 aromatic heterocycles. The Morgan fingerprint density at radius 1 is 1.21 bits per heavy atom. The van der Waals surface area contributed by atoms with Crippen LogP contribution >= 0.6 is 0 Å². The van der Waals surface area contributed by atoms with Crippen molar-refractivity contribution in [2.45, 2.75) is 6.92 Å². The van der Waals surface area contributed by atoms with Crippen molar-refractivity contribution < 1.29 is 24.2 Å². The first-order chi connectivity index (χ1) is 9.08. The number of hydrogen-bond acceptors (Lipinski definition) is 4. The molecule has 3 rings (SSSR count). The molecule has 6 heteroatoms. The Kier molecular flexibility index (Phi) is 2.45. The molecular formula is C13H11NO5. The molecule has 0 saturated carbocycles. The molecular weight excluding hydrogens is 250 g/mol. The second-order valence-electron chi connectivity index (χ2n) is 4.30. The van der Waals surface area contributed by atoms with E-state index >= 15 is 0 Å². The van der Waals surface area contributed by atoms with Gasteiger partial charge in [0.1, 0.15) is 13.2 Å². The number of hydrogen-bond donors (Lipinski definition) is 2. The van der Waals surface area contributed by atoms with Crippen LogP contribution in [0.3, 0.4) is 0 Å². The minimum absolute atomic E-state index is 0.166. The summed E-state index contributed by atoms with van der Waals surface area (Å²) in [4.78, 5) is 25.6. The van der Waals surface area contributed by atoms with E-state index in [1.165, 1.54) is 0 Å². The summed E-state index contributed by atoms with van der Waals surface area (Å²) in [6, 6.07) is 3.36. The number of fused-ring (bicyclic) bond motifs is 2. The first-order valence-electron chi connectivity index (χ1n) is 5.77. The molecule has 2 aromatic rings. The Labute approximate surface area is 107 Å². The average Bonchev–Trinajstić information content (AvgIpc) is 2.70. The molecule has 0 unspecified atom stereocenters. The fourth-order valence-electron chi connectivity index (χ4n) is 2.27. The maximum atomic E-state index is 11.7. The number of nitrogens with one attached hydrogen (secondary N) is 1. The van der Waals surface area contributed by atoms with Crippen molar-refractivity contribution in [3.05, 3.63) is 23.4 Å². The minimum Gasteiger partial charge on any atom is -0.486 e. The molecule has 6 nitrogen and oxygen atoms in total. The quantitative estimate of drug-likeness (QED) is 0.632. The molecule has 0 saturated heterocycles. The lowest BCUT2D eigenvalue weighted by atomic mass is 10.1. The summed E-state index contributed by atoms with van der Waals surface area (Å²) in [5, 5.41) is 9.39. The van der Waals surface area contributed by atoms with Crippen LogP contribution in [0.25, 0.3) is 10.9 Å². The van der Waals surface area contributed by atoms with Crippen molar-refractivity contribution >= 4 is 22.7 Å². The van der Waals surface area contributed by atoms with E-state index in [1.54, 1.807) is 19.1 Å². The van der Waals surface area contributed by atoms with Crippen molar-refractivity contribution in [3.8, 4) is 11.5 Å². The third kappa shape index (κ3) is 1.72. The molecule has 1 aliphatic rings. The molecule has 0 aliphatic carbocycles. The number of aryl methyl sites for hydroxylation is 1. The number of rotatable bonds is 2. The second kappa shape index (κ2) is 4.01. The third-order valence-electron chi connectivity index (χ3n) is 3.07. The van der Waals surface area contributed by atoms with Crippen LogP contribution < -0.4 is 9.47 Å². The molecule has 0 bridgehead atoms. The van der Waals surface area contributed by atoms with Crippen LogP contribution in [0.5, 0.6) is 11.5 Å². The summed E-state index contributed by atoms with van der Waals surface area (Å²) >= 11 is 0. The van der Waals surface area contributed by atoms with Gasteiger partial charge in [-0.25, -0.2) is 4.79 Å². The standard InChI is InChI=1S/C13H11NO5/c1-6-11(12(15)13(16)17)7-4-9-10(5-8(7)14-6)19-3-2-18-9/h4-5,14H,2-3H2,1H3,(H,16,17). The summed E-state index contributed by atoms with van der Waals surface area (Å²) in [6.45, 7) is 2.57. The van der Waals surface area contributed by atoms with E-state index in [-0.39, 0.29) is 5.56 Å². The molecule has 2 N–H and O–H groups in total. The number of ketones is 1. The van der Waals surface area contributed by atoms with Crippen LogP contribution in [0, 0.1) is 6.92 Å². The fourth-order valence-corrected chi connectivity index (χ4v) is 2.27. The lowest BCUT2D eigenvalue weighted by Crippen LogP contribution is -2.15. The van der Waals surface area contributed by atoms with Crippen LogP contribution in [0.1, 0.15) is 16.1 Å². The molecule has 0 radical (unpaired) electrons. The molecule has 0 fully saturated rings. The normalized spacial score (nSPS) is 13.5. The number of carboxylic acid groups (broad SMARTS) is 1. The minimum atomic E-state index is -1.47. The topological polar surface area (TPSA) is 88.6 Å². The SMILES string of the molecule is Cc1[nH]c2cc3c(cc2c1C(=O)C(=O)O)OCCO3. The van der Waals surface area contributed by atoms with Crippen LogP contribution in [0.4, 0.5) is 0 Å². The van der Waals surface area contributed by atoms with Gasteiger partial charge in [0.15, 0.2) is 11.5 Å². The Morgan fingerprint density at radius 3 is 2.47 bits per heavy atom. The van der Waals surface area contributed by atoms with Crippen molar-refractivity contribution in [2.75, 3.05) is 13.2 Å². The Balaban J connectivity index is 2.25. The van der Waals surface area contributed by atoms with Crippen LogP contribution in [-0.4, -0.2) is 35.1 Å². The van der Waals surface area contributed by atoms with Gasteiger partial charge < -0.3 is 19.6 Å². The average molecular weight is 261 g/mol. The molecule has 0 spiro atoms. The van der Waals surface area contributed by atoms with Crippen LogP contribution in [0.15, 0.2) is 12.1 Å². The zero-order chi connectivity index (χ0) is 13.6. The molecule has 98 valence electrons. The van der Waals surface area contributed by atoms with Gasteiger partial charge in [0.2, 0.25) is 0 Å². The van der Waals surface area contributed by atoms with Gasteiger partial charge >= 0.3 is 5.97 Å². The fraction of sp³-hybridized carbons (Fsp3) is 0.231. The van der Waals surface area contributed by atoms with E-state index in [0.717, 1.165) is 0 Å². The summed E-state index contributed by atoms with van der Waals surface area (Å²) in [5.41, 5.74) is 1.34. The Hall–Kier alpha value is -2.50. The highest BCUT2D eigenvalue weighted by Gasteiger charge is 2.24. The highest BCUT2D eigenvalue weighted by atomic mass is 16.6.